The van der Waals surface area contributed by atoms with E-state index in [1.807, 2.05) is 22.7 Å². The molecule has 232 valence electrons. The number of thiophene rings is 2. The molecule has 0 saturated heterocycles. The molecular weight excluding hydrogens is 641 g/mol. The Hall–Kier alpha value is -5.80. The van der Waals surface area contributed by atoms with Crippen LogP contribution in [-0.4, -0.2) is 0 Å². The van der Waals surface area contributed by atoms with Gasteiger partial charge in [0, 0.05) is 51.3 Å². The van der Waals surface area contributed by atoms with Gasteiger partial charge in [-0.1, -0.05) is 140 Å². The Kier molecular flexibility index (Phi) is 6.09. The van der Waals surface area contributed by atoms with Crippen LogP contribution in [0.3, 0.4) is 0 Å². The fourth-order valence-electron chi connectivity index (χ4n) is 8.33. The van der Waals surface area contributed by atoms with Crippen molar-refractivity contribution in [1.82, 2.24) is 0 Å². The second-order valence-corrected chi connectivity index (χ2v) is 15.3. The van der Waals surface area contributed by atoms with E-state index in [0.717, 1.165) is 0 Å². The molecule has 0 aliphatic rings. The van der Waals surface area contributed by atoms with Crippen LogP contribution in [-0.2, 0) is 0 Å². The van der Waals surface area contributed by atoms with E-state index in [-0.39, 0.29) is 0 Å². The van der Waals surface area contributed by atoms with Crippen LogP contribution in [0.1, 0.15) is 0 Å². The molecule has 0 nitrogen and oxygen atoms in total. The number of hydrogen-bond donors (Lipinski definition) is 0. The third-order valence-corrected chi connectivity index (χ3v) is 12.8. The first-order valence-corrected chi connectivity index (χ1v) is 18.7. The van der Waals surface area contributed by atoms with Crippen LogP contribution in [0.2, 0.25) is 0 Å². The predicted octanol–water partition coefficient (Wildman–Crippen LogP) is 14.9. The maximum absolute atomic E-state index is 2.49. The Morgan fingerprint density at radius 2 is 0.840 bits per heavy atom. The third-order valence-electron chi connectivity index (χ3n) is 10.4. The molecule has 0 N–H and O–H groups in total. The molecule has 9 aromatic carbocycles. The topological polar surface area (TPSA) is 0 Å². The Morgan fingerprint density at radius 3 is 1.54 bits per heavy atom. The van der Waals surface area contributed by atoms with E-state index in [1.54, 1.807) is 0 Å². The largest absolute Gasteiger partial charge is 0.135 e. The first-order valence-electron chi connectivity index (χ1n) is 17.1. The highest BCUT2D eigenvalue weighted by atomic mass is 32.1. The first-order chi connectivity index (χ1) is 24.8. The highest BCUT2D eigenvalue weighted by Crippen LogP contribution is 2.52. The van der Waals surface area contributed by atoms with Gasteiger partial charge in [-0.25, -0.2) is 0 Å². The van der Waals surface area contributed by atoms with Crippen LogP contribution in [0.5, 0.6) is 0 Å². The fourth-order valence-corrected chi connectivity index (χ4v) is 10.7. The second kappa shape index (κ2) is 10.9. The van der Waals surface area contributed by atoms with Crippen molar-refractivity contribution in [3.05, 3.63) is 170 Å². The Morgan fingerprint density at radius 1 is 0.300 bits per heavy atom. The van der Waals surface area contributed by atoms with E-state index in [9.17, 15) is 0 Å². The van der Waals surface area contributed by atoms with Gasteiger partial charge >= 0.3 is 0 Å². The van der Waals surface area contributed by atoms with Gasteiger partial charge in [0.25, 0.3) is 0 Å². The zero-order valence-corrected chi connectivity index (χ0v) is 28.6. The summed E-state index contributed by atoms with van der Waals surface area (Å²) in [7, 11) is 0. The lowest BCUT2D eigenvalue weighted by atomic mass is 9.84. The summed E-state index contributed by atoms with van der Waals surface area (Å²) in [5.41, 5.74) is 7.61. The highest BCUT2D eigenvalue weighted by molar-refractivity contribution is 7.27. The summed E-state index contributed by atoms with van der Waals surface area (Å²) in [5, 5.41) is 13.2. The van der Waals surface area contributed by atoms with E-state index in [0.29, 0.717) is 0 Å². The van der Waals surface area contributed by atoms with Gasteiger partial charge in [-0.2, -0.15) is 0 Å². The zero-order valence-electron chi connectivity index (χ0n) is 27.0. The smallest absolute Gasteiger partial charge is 0.0440 e. The van der Waals surface area contributed by atoms with Crippen LogP contribution >= 0.6 is 22.7 Å². The Bertz CT molecular complexity index is 3080. The van der Waals surface area contributed by atoms with Crippen LogP contribution < -0.4 is 0 Å². The minimum absolute atomic E-state index is 1.23. The lowest BCUT2D eigenvalue weighted by Crippen LogP contribution is -1.92. The molecule has 0 unspecified atom stereocenters. The van der Waals surface area contributed by atoms with Crippen molar-refractivity contribution in [2.24, 2.45) is 0 Å². The third kappa shape index (κ3) is 4.04. The molecule has 50 heavy (non-hydrogen) atoms. The summed E-state index contributed by atoms with van der Waals surface area (Å²) in [6.07, 6.45) is 0. The molecule has 0 aliphatic carbocycles. The zero-order chi connectivity index (χ0) is 32.8. The molecular formula is C48H28S2. The average Bonchev–Trinajstić information content (AvgIpc) is 3.76. The molecule has 11 aromatic rings. The maximum Gasteiger partial charge on any atom is 0.0440 e. The quantitative estimate of drug-likeness (QED) is 0.164. The lowest BCUT2D eigenvalue weighted by Gasteiger charge is -2.19. The van der Waals surface area contributed by atoms with E-state index in [2.05, 4.69) is 170 Å². The van der Waals surface area contributed by atoms with E-state index in [1.165, 1.54) is 106 Å². The van der Waals surface area contributed by atoms with Crippen LogP contribution in [0, 0.1) is 0 Å². The van der Waals surface area contributed by atoms with E-state index in [4.69, 9.17) is 0 Å². The summed E-state index contributed by atoms with van der Waals surface area (Å²) in [4.78, 5) is 0. The predicted molar refractivity (Wildman–Crippen MR) is 221 cm³/mol. The van der Waals surface area contributed by atoms with Crippen molar-refractivity contribution >= 4 is 95.3 Å². The minimum atomic E-state index is 1.23. The molecule has 2 aromatic heterocycles. The van der Waals surface area contributed by atoms with Gasteiger partial charge in [0.05, 0.1) is 0 Å². The molecule has 0 fully saturated rings. The van der Waals surface area contributed by atoms with Gasteiger partial charge in [-0.3, -0.25) is 0 Å². The average molecular weight is 669 g/mol. The van der Waals surface area contributed by atoms with Crippen LogP contribution in [0.4, 0.5) is 0 Å². The Labute approximate surface area is 297 Å². The highest BCUT2D eigenvalue weighted by Gasteiger charge is 2.22. The number of rotatable bonds is 3. The van der Waals surface area contributed by atoms with Gasteiger partial charge in [0.15, 0.2) is 0 Å². The van der Waals surface area contributed by atoms with Gasteiger partial charge in [0.1, 0.15) is 0 Å². The summed E-state index contributed by atoms with van der Waals surface area (Å²) < 4.78 is 5.38. The molecule has 0 bridgehead atoms. The standard InChI is InChI=1S/C48H28S2/c1-2-13-29(14-3-1)30-15-12-16-31(27-30)43-33-17-4-6-19-35(33)45(36-20-7-5-18-34(36)43)39-28-32-25-26-42-46(37-21-8-10-23-40(37)49-42)44(32)47-38-22-9-11-24-41(38)50-48(39)47/h1-28H. The van der Waals surface area contributed by atoms with Gasteiger partial charge in [-0.15, -0.1) is 22.7 Å². The summed E-state index contributed by atoms with van der Waals surface area (Å²) >= 11 is 3.83. The van der Waals surface area contributed by atoms with Crippen molar-refractivity contribution in [1.29, 1.82) is 0 Å². The number of benzene rings is 9. The van der Waals surface area contributed by atoms with Gasteiger partial charge in [0.2, 0.25) is 0 Å². The molecule has 0 atom stereocenters. The van der Waals surface area contributed by atoms with Gasteiger partial charge in [-0.05, 0) is 85.1 Å². The Balaban J connectivity index is 1.29. The molecule has 2 heteroatoms. The van der Waals surface area contributed by atoms with Crippen molar-refractivity contribution in [2.75, 3.05) is 0 Å². The molecule has 0 aliphatic heterocycles. The lowest BCUT2D eigenvalue weighted by molar-refractivity contribution is 1.61. The van der Waals surface area contributed by atoms with Crippen LogP contribution in [0.25, 0.3) is 106 Å². The minimum Gasteiger partial charge on any atom is -0.135 e. The SMILES string of the molecule is c1ccc(-c2cccc(-c3c4ccccc4c(-c4cc5ccc6sc7ccccc7c6c5c5c4sc4ccccc45)c4ccccc34)c2)cc1. The summed E-state index contributed by atoms with van der Waals surface area (Å²) in [5.74, 6) is 0. The van der Waals surface area contributed by atoms with Gasteiger partial charge < -0.3 is 0 Å². The number of hydrogen-bond acceptors (Lipinski definition) is 2. The van der Waals surface area contributed by atoms with E-state index >= 15 is 0 Å². The molecule has 0 radical (unpaired) electrons. The molecule has 11 rings (SSSR count). The fraction of sp³-hybridized carbons (Fsp3) is 0. The monoisotopic (exact) mass is 668 g/mol. The van der Waals surface area contributed by atoms with Crippen molar-refractivity contribution in [3.63, 3.8) is 0 Å². The summed E-state index contributed by atoms with van der Waals surface area (Å²) in [6, 6.07) is 62.9. The van der Waals surface area contributed by atoms with Crippen molar-refractivity contribution < 1.29 is 0 Å². The molecule has 0 saturated carbocycles. The first kappa shape index (κ1) is 28.1. The summed E-state index contributed by atoms with van der Waals surface area (Å²) in [6.45, 7) is 0. The van der Waals surface area contributed by atoms with Crippen LogP contribution in [0.15, 0.2) is 170 Å². The molecule has 2 heterocycles. The molecule has 0 spiro atoms. The maximum atomic E-state index is 2.49. The van der Waals surface area contributed by atoms with Crippen molar-refractivity contribution in [2.45, 2.75) is 0 Å². The second-order valence-electron chi connectivity index (χ2n) is 13.1. The number of fused-ring (bicyclic) bond motifs is 11. The molecule has 0 amide bonds. The normalized spacial score (nSPS) is 12.0. The van der Waals surface area contributed by atoms with E-state index < -0.39 is 0 Å². The van der Waals surface area contributed by atoms with Crippen molar-refractivity contribution in [3.8, 4) is 33.4 Å².